The maximum Gasteiger partial charge on any atom is 0.404 e. The van der Waals surface area contributed by atoms with Crippen LogP contribution in [0.15, 0.2) is 0 Å². The first-order valence-electron chi connectivity index (χ1n) is 3.49. The molecule has 58 valence electrons. The number of amides is 1. The summed E-state index contributed by atoms with van der Waals surface area (Å²) in [5.74, 6) is 0. The molecule has 1 rings (SSSR count). The van der Waals surface area contributed by atoms with E-state index in [9.17, 15) is 4.79 Å². The summed E-state index contributed by atoms with van der Waals surface area (Å²) in [5, 5.41) is 10.8. The maximum absolute atomic E-state index is 10.1. The predicted molar refractivity (Wildman–Crippen MR) is 38.0 cm³/mol. The lowest BCUT2D eigenvalue weighted by Crippen LogP contribution is -2.47. The minimum atomic E-state index is -0.902. The quantitative estimate of drug-likeness (QED) is 0.583. The summed E-state index contributed by atoms with van der Waals surface area (Å²) in [5.41, 5.74) is 0.354. The second-order valence-corrected chi connectivity index (χ2v) is 3.72. The van der Waals surface area contributed by atoms with Gasteiger partial charge < -0.3 is 10.4 Å². The van der Waals surface area contributed by atoms with Gasteiger partial charge in [-0.25, -0.2) is 4.79 Å². The van der Waals surface area contributed by atoms with E-state index in [4.69, 9.17) is 5.11 Å². The van der Waals surface area contributed by atoms with Crippen molar-refractivity contribution in [3.63, 3.8) is 0 Å². The smallest absolute Gasteiger partial charge is 0.404 e. The molecule has 10 heavy (non-hydrogen) atoms. The Labute approximate surface area is 60.4 Å². The molecule has 0 atom stereocenters. The lowest BCUT2D eigenvalue weighted by atomic mass is 9.68. The van der Waals surface area contributed by atoms with Crippen molar-refractivity contribution in [1.29, 1.82) is 0 Å². The Morgan fingerprint density at radius 3 is 2.40 bits per heavy atom. The van der Waals surface area contributed by atoms with E-state index in [0.717, 1.165) is 12.8 Å². The summed E-state index contributed by atoms with van der Waals surface area (Å²) in [4.78, 5) is 10.1. The molecule has 1 saturated carbocycles. The highest BCUT2D eigenvalue weighted by Crippen LogP contribution is 2.39. The van der Waals surface area contributed by atoms with Crippen LogP contribution in [0.5, 0.6) is 0 Å². The molecule has 0 aliphatic heterocycles. The molecule has 0 radical (unpaired) electrons. The largest absolute Gasteiger partial charge is 0.465 e. The zero-order valence-electron chi connectivity index (χ0n) is 6.35. The van der Waals surface area contributed by atoms with E-state index in [1.165, 1.54) is 0 Å². The fraction of sp³-hybridized carbons (Fsp3) is 0.857. The molecule has 0 aromatic rings. The molecule has 0 aromatic carbocycles. The van der Waals surface area contributed by atoms with Gasteiger partial charge in [-0.05, 0) is 18.3 Å². The molecule has 0 bridgehead atoms. The zero-order chi connectivity index (χ0) is 7.78. The van der Waals surface area contributed by atoms with Crippen molar-refractivity contribution >= 4 is 6.09 Å². The van der Waals surface area contributed by atoms with Crippen LogP contribution in [-0.4, -0.2) is 17.2 Å². The van der Waals surface area contributed by atoms with Crippen LogP contribution in [0.2, 0.25) is 0 Å². The van der Waals surface area contributed by atoms with Gasteiger partial charge >= 0.3 is 6.09 Å². The van der Waals surface area contributed by atoms with E-state index < -0.39 is 6.09 Å². The van der Waals surface area contributed by atoms with Crippen LogP contribution in [0.3, 0.4) is 0 Å². The van der Waals surface area contributed by atoms with Crippen molar-refractivity contribution in [3.05, 3.63) is 0 Å². The number of hydrogen-bond donors (Lipinski definition) is 2. The van der Waals surface area contributed by atoms with Gasteiger partial charge in [0.1, 0.15) is 0 Å². The summed E-state index contributed by atoms with van der Waals surface area (Å²) >= 11 is 0. The summed E-state index contributed by atoms with van der Waals surface area (Å²) < 4.78 is 0. The van der Waals surface area contributed by atoms with Crippen molar-refractivity contribution in [2.75, 3.05) is 0 Å². The van der Waals surface area contributed by atoms with Crippen molar-refractivity contribution in [2.24, 2.45) is 5.41 Å². The highest BCUT2D eigenvalue weighted by molar-refractivity contribution is 5.65. The van der Waals surface area contributed by atoms with E-state index in [0.29, 0.717) is 5.41 Å². The van der Waals surface area contributed by atoms with Gasteiger partial charge in [-0.2, -0.15) is 0 Å². The van der Waals surface area contributed by atoms with Crippen molar-refractivity contribution in [2.45, 2.75) is 32.7 Å². The molecule has 0 unspecified atom stereocenters. The van der Waals surface area contributed by atoms with Gasteiger partial charge in [0.15, 0.2) is 0 Å². The second-order valence-electron chi connectivity index (χ2n) is 3.72. The Balaban J connectivity index is 2.21. The normalized spacial score (nSPS) is 23.4. The molecule has 0 spiro atoms. The van der Waals surface area contributed by atoms with Gasteiger partial charge in [0, 0.05) is 6.04 Å². The maximum atomic E-state index is 10.1. The predicted octanol–water partition coefficient (Wildman–Crippen LogP) is 1.44. The number of carbonyl (C=O) groups is 1. The standard InChI is InChI=1S/C7H13NO2/c1-7(2)3-5(4-7)8-6(9)10/h5,8H,3-4H2,1-2H3,(H,9,10). The topological polar surface area (TPSA) is 49.3 Å². The Morgan fingerprint density at radius 1 is 1.60 bits per heavy atom. The average molecular weight is 143 g/mol. The summed E-state index contributed by atoms with van der Waals surface area (Å²) in [6.45, 7) is 4.29. The lowest BCUT2D eigenvalue weighted by Gasteiger charge is -2.42. The van der Waals surface area contributed by atoms with Crippen LogP contribution in [-0.2, 0) is 0 Å². The van der Waals surface area contributed by atoms with Gasteiger partial charge in [-0.15, -0.1) is 0 Å². The summed E-state index contributed by atoms with van der Waals surface area (Å²) in [7, 11) is 0. The first-order chi connectivity index (χ1) is 4.49. The third-order valence-corrected chi connectivity index (χ3v) is 1.93. The van der Waals surface area contributed by atoms with Crippen LogP contribution in [0.1, 0.15) is 26.7 Å². The third-order valence-electron chi connectivity index (χ3n) is 1.93. The van der Waals surface area contributed by atoms with Crippen LogP contribution >= 0.6 is 0 Å². The van der Waals surface area contributed by atoms with E-state index in [1.54, 1.807) is 0 Å². The molecule has 1 amide bonds. The molecule has 3 nitrogen and oxygen atoms in total. The monoisotopic (exact) mass is 143 g/mol. The number of hydrogen-bond acceptors (Lipinski definition) is 1. The number of carboxylic acid groups (broad SMARTS) is 1. The van der Waals surface area contributed by atoms with Crippen LogP contribution < -0.4 is 5.32 Å². The fourth-order valence-electron chi connectivity index (χ4n) is 1.55. The Kier molecular flexibility index (Phi) is 1.58. The number of nitrogens with one attached hydrogen (secondary N) is 1. The second kappa shape index (κ2) is 2.15. The fourth-order valence-corrected chi connectivity index (χ4v) is 1.55. The van der Waals surface area contributed by atoms with Crippen molar-refractivity contribution < 1.29 is 9.90 Å². The van der Waals surface area contributed by atoms with Crippen molar-refractivity contribution in [3.8, 4) is 0 Å². The van der Waals surface area contributed by atoms with E-state index in [2.05, 4.69) is 19.2 Å². The Bertz CT molecular complexity index is 146. The van der Waals surface area contributed by atoms with Gasteiger partial charge in [0.25, 0.3) is 0 Å². The van der Waals surface area contributed by atoms with Gasteiger partial charge in [-0.1, -0.05) is 13.8 Å². The molecule has 1 fully saturated rings. The molecule has 3 heteroatoms. The van der Waals surface area contributed by atoms with Crippen LogP contribution in [0.4, 0.5) is 4.79 Å². The van der Waals surface area contributed by atoms with Gasteiger partial charge in [-0.3, -0.25) is 0 Å². The molecule has 2 N–H and O–H groups in total. The summed E-state index contributed by atoms with van der Waals surface area (Å²) in [6.07, 6.45) is 1.04. The zero-order valence-corrected chi connectivity index (χ0v) is 6.35. The number of rotatable bonds is 1. The van der Waals surface area contributed by atoms with E-state index >= 15 is 0 Å². The Morgan fingerprint density at radius 2 is 2.10 bits per heavy atom. The molecule has 0 aromatic heterocycles. The first kappa shape index (κ1) is 7.38. The molecular weight excluding hydrogens is 130 g/mol. The first-order valence-corrected chi connectivity index (χ1v) is 3.49. The van der Waals surface area contributed by atoms with Gasteiger partial charge in [0.05, 0.1) is 0 Å². The SMILES string of the molecule is CC1(C)CC(NC(=O)O)C1. The lowest BCUT2D eigenvalue weighted by molar-refractivity contribution is 0.117. The minimum absolute atomic E-state index is 0.201. The van der Waals surface area contributed by atoms with Crippen LogP contribution in [0.25, 0.3) is 0 Å². The molecular formula is C7H13NO2. The van der Waals surface area contributed by atoms with Crippen LogP contribution in [0, 0.1) is 5.41 Å². The molecule has 1 aliphatic carbocycles. The minimum Gasteiger partial charge on any atom is -0.465 e. The highest BCUT2D eigenvalue weighted by Gasteiger charge is 2.36. The van der Waals surface area contributed by atoms with Crippen molar-refractivity contribution in [1.82, 2.24) is 5.32 Å². The molecule has 0 heterocycles. The molecule has 0 saturated heterocycles. The molecule has 1 aliphatic rings. The van der Waals surface area contributed by atoms with E-state index in [-0.39, 0.29) is 6.04 Å². The van der Waals surface area contributed by atoms with Gasteiger partial charge in [0.2, 0.25) is 0 Å². The van der Waals surface area contributed by atoms with E-state index in [1.807, 2.05) is 0 Å². The third kappa shape index (κ3) is 1.62. The Hall–Kier alpha value is -0.730. The highest BCUT2D eigenvalue weighted by atomic mass is 16.4. The summed E-state index contributed by atoms with van der Waals surface area (Å²) in [6, 6.07) is 0.201. The average Bonchev–Trinajstić information content (AvgIpc) is 1.57.